The van der Waals surface area contributed by atoms with Crippen LogP contribution in [0.1, 0.15) is 16.9 Å². The number of aryl methyl sites for hydroxylation is 1. The molecule has 0 saturated heterocycles. The Kier molecular flexibility index (Phi) is 2.45. The normalized spacial score (nSPS) is 10.6. The van der Waals surface area contributed by atoms with Gasteiger partial charge in [0.25, 0.3) is 0 Å². The van der Waals surface area contributed by atoms with Crippen LogP contribution in [-0.4, -0.2) is 19.7 Å². The molecule has 0 fully saturated rings. The first kappa shape index (κ1) is 9.14. The molecule has 2 N–H and O–H groups in total. The molecular weight excluding hydrogens is 198 g/mol. The number of hydrogen-bond acceptors (Lipinski definition) is 5. The topological polar surface area (TPSA) is 69.6 Å². The van der Waals surface area contributed by atoms with Gasteiger partial charge in [-0.05, 0) is 6.42 Å². The van der Waals surface area contributed by atoms with Crippen LogP contribution in [0.3, 0.4) is 0 Å². The van der Waals surface area contributed by atoms with Crippen LogP contribution in [0, 0.1) is 0 Å². The Bertz CT molecular complexity index is 419. The SMILES string of the molecule is CCc1nnc(Cn2ccnc2N)s1. The van der Waals surface area contributed by atoms with Gasteiger partial charge in [-0.1, -0.05) is 18.3 Å². The van der Waals surface area contributed by atoms with Gasteiger partial charge in [-0.2, -0.15) is 0 Å². The van der Waals surface area contributed by atoms with Crippen LogP contribution >= 0.6 is 11.3 Å². The van der Waals surface area contributed by atoms with E-state index in [4.69, 9.17) is 5.73 Å². The lowest BCUT2D eigenvalue weighted by molar-refractivity contribution is 0.785. The van der Waals surface area contributed by atoms with Crippen molar-refractivity contribution < 1.29 is 0 Å². The zero-order valence-corrected chi connectivity index (χ0v) is 8.66. The summed E-state index contributed by atoms with van der Waals surface area (Å²) in [6.07, 6.45) is 4.44. The third kappa shape index (κ3) is 1.74. The maximum absolute atomic E-state index is 5.64. The summed E-state index contributed by atoms with van der Waals surface area (Å²) in [5.74, 6) is 0.512. The highest BCUT2D eigenvalue weighted by atomic mass is 32.1. The van der Waals surface area contributed by atoms with Crippen LogP contribution in [0.15, 0.2) is 12.4 Å². The number of nitrogens with zero attached hydrogens (tertiary/aromatic N) is 4. The van der Waals surface area contributed by atoms with Gasteiger partial charge >= 0.3 is 0 Å². The molecule has 0 radical (unpaired) electrons. The Morgan fingerprint density at radius 1 is 1.43 bits per heavy atom. The summed E-state index contributed by atoms with van der Waals surface area (Å²) >= 11 is 1.61. The maximum atomic E-state index is 5.64. The molecule has 0 spiro atoms. The second kappa shape index (κ2) is 3.75. The summed E-state index contributed by atoms with van der Waals surface area (Å²) in [5, 5.41) is 10.1. The standard InChI is InChI=1S/C8H11N5S/c1-2-6-11-12-7(14-6)5-13-4-3-10-8(13)9/h3-4H,2,5H2,1H3,(H2,9,10). The van der Waals surface area contributed by atoms with E-state index in [9.17, 15) is 0 Å². The summed E-state index contributed by atoms with van der Waals surface area (Å²) in [4.78, 5) is 3.94. The van der Waals surface area contributed by atoms with Gasteiger partial charge in [0.1, 0.15) is 10.0 Å². The van der Waals surface area contributed by atoms with Crippen molar-refractivity contribution in [3.63, 3.8) is 0 Å². The van der Waals surface area contributed by atoms with Gasteiger partial charge in [0, 0.05) is 12.4 Å². The van der Waals surface area contributed by atoms with Crippen molar-refractivity contribution in [1.82, 2.24) is 19.7 Å². The van der Waals surface area contributed by atoms with Crippen LogP contribution in [-0.2, 0) is 13.0 Å². The van der Waals surface area contributed by atoms with E-state index >= 15 is 0 Å². The van der Waals surface area contributed by atoms with Crippen molar-refractivity contribution in [2.45, 2.75) is 19.9 Å². The lowest BCUT2D eigenvalue weighted by Crippen LogP contribution is -2.03. The molecule has 0 aliphatic carbocycles. The monoisotopic (exact) mass is 209 g/mol. The van der Waals surface area contributed by atoms with Crippen molar-refractivity contribution in [2.75, 3.05) is 5.73 Å². The summed E-state index contributed by atoms with van der Waals surface area (Å²) < 4.78 is 1.85. The highest BCUT2D eigenvalue weighted by Crippen LogP contribution is 2.12. The van der Waals surface area contributed by atoms with E-state index in [1.54, 1.807) is 17.5 Å². The third-order valence-electron chi connectivity index (χ3n) is 1.86. The summed E-state index contributed by atoms with van der Waals surface area (Å²) in [6, 6.07) is 0. The molecule has 0 bridgehead atoms. The predicted octanol–water partition coefficient (Wildman–Crippen LogP) is 0.927. The first-order valence-electron chi connectivity index (χ1n) is 4.37. The van der Waals surface area contributed by atoms with E-state index in [1.807, 2.05) is 10.8 Å². The molecule has 74 valence electrons. The molecule has 0 aliphatic heterocycles. The van der Waals surface area contributed by atoms with E-state index in [0.717, 1.165) is 16.4 Å². The van der Waals surface area contributed by atoms with Crippen LogP contribution in [0.2, 0.25) is 0 Å². The number of hydrogen-bond donors (Lipinski definition) is 1. The zero-order chi connectivity index (χ0) is 9.97. The number of nitrogens with two attached hydrogens (primary N) is 1. The average molecular weight is 209 g/mol. The minimum atomic E-state index is 0.512. The van der Waals surface area contributed by atoms with Crippen LogP contribution in [0.4, 0.5) is 5.95 Å². The first-order valence-corrected chi connectivity index (χ1v) is 5.19. The van der Waals surface area contributed by atoms with Crippen LogP contribution < -0.4 is 5.73 Å². The van der Waals surface area contributed by atoms with Gasteiger partial charge in [-0.3, -0.25) is 0 Å². The fraction of sp³-hybridized carbons (Fsp3) is 0.375. The molecular formula is C8H11N5S. The van der Waals surface area contributed by atoms with Gasteiger partial charge in [0.05, 0.1) is 6.54 Å². The average Bonchev–Trinajstić information content (AvgIpc) is 2.77. The number of rotatable bonds is 3. The lowest BCUT2D eigenvalue weighted by Gasteiger charge is -1.98. The van der Waals surface area contributed by atoms with Crippen molar-refractivity contribution in [3.8, 4) is 0 Å². The van der Waals surface area contributed by atoms with E-state index in [1.165, 1.54) is 0 Å². The number of aromatic nitrogens is 4. The van der Waals surface area contributed by atoms with Gasteiger partial charge in [0.15, 0.2) is 5.95 Å². The Morgan fingerprint density at radius 3 is 2.79 bits per heavy atom. The molecule has 0 aromatic carbocycles. The Hall–Kier alpha value is -1.43. The third-order valence-corrected chi connectivity index (χ3v) is 2.92. The number of imidazole rings is 1. The molecule has 0 aliphatic rings. The van der Waals surface area contributed by atoms with Gasteiger partial charge in [0.2, 0.25) is 0 Å². The fourth-order valence-electron chi connectivity index (χ4n) is 1.12. The first-order chi connectivity index (χ1) is 6.79. The molecule has 6 heteroatoms. The quantitative estimate of drug-likeness (QED) is 0.816. The summed E-state index contributed by atoms with van der Waals surface area (Å²) in [6.45, 7) is 2.72. The summed E-state index contributed by atoms with van der Waals surface area (Å²) in [7, 11) is 0. The maximum Gasteiger partial charge on any atom is 0.200 e. The smallest absolute Gasteiger partial charge is 0.200 e. The van der Waals surface area contributed by atoms with Crippen LogP contribution in [0.5, 0.6) is 0 Å². The van der Waals surface area contributed by atoms with Crippen molar-refractivity contribution in [3.05, 3.63) is 22.4 Å². The van der Waals surface area contributed by atoms with E-state index in [2.05, 4.69) is 22.1 Å². The minimum absolute atomic E-state index is 0.512. The second-order valence-electron chi connectivity index (χ2n) is 2.86. The largest absolute Gasteiger partial charge is 0.369 e. The van der Waals surface area contributed by atoms with Crippen LogP contribution in [0.25, 0.3) is 0 Å². The van der Waals surface area contributed by atoms with E-state index < -0.39 is 0 Å². The van der Waals surface area contributed by atoms with Crippen molar-refractivity contribution >= 4 is 17.3 Å². The molecule has 2 rings (SSSR count). The molecule has 0 unspecified atom stereocenters. The molecule has 0 amide bonds. The molecule has 2 aromatic rings. The molecule has 0 saturated carbocycles. The van der Waals surface area contributed by atoms with E-state index in [0.29, 0.717) is 12.5 Å². The molecule has 5 nitrogen and oxygen atoms in total. The van der Waals surface area contributed by atoms with Gasteiger partial charge < -0.3 is 10.3 Å². The number of anilines is 1. The second-order valence-corrected chi connectivity index (χ2v) is 4.00. The minimum Gasteiger partial charge on any atom is -0.369 e. The Morgan fingerprint density at radius 2 is 2.21 bits per heavy atom. The van der Waals surface area contributed by atoms with Gasteiger partial charge in [-0.25, -0.2) is 4.98 Å². The molecule has 2 aromatic heterocycles. The highest BCUT2D eigenvalue weighted by Gasteiger charge is 2.04. The molecule has 2 heterocycles. The number of nitrogen functional groups attached to an aromatic ring is 1. The Balaban J connectivity index is 2.15. The lowest BCUT2D eigenvalue weighted by atomic mass is 10.5. The highest BCUT2D eigenvalue weighted by molar-refractivity contribution is 7.11. The molecule has 0 atom stereocenters. The summed E-state index contributed by atoms with van der Waals surface area (Å²) in [5.41, 5.74) is 5.64. The van der Waals surface area contributed by atoms with E-state index in [-0.39, 0.29) is 0 Å². The zero-order valence-electron chi connectivity index (χ0n) is 7.84. The van der Waals surface area contributed by atoms with Crippen molar-refractivity contribution in [1.29, 1.82) is 0 Å². The van der Waals surface area contributed by atoms with Gasteiger partial charge in [-0.15, -0.1) is 10.2 Å². The van der Waals surface area contributed by atoms with Crippen molar-refractivity contribution in [2.24, 2.45) is 0 Å². The molecule has 14 heavy (non-hydrogen) atoms. The fourth-order valence-corrected chi connectivity index (χ4v) is 1.90. The predicted molar refractivity (Wildman–Crippen MR) is 55.0 cm³/mol. The Labute approximate surface area is 85.6 Å².